The molecule has 25 heavy (non-hydrogen) atoms. The van der Waals surface area contributed by atoms with E-state index in [4.69, 9.17) is 9.72 Å². The molecule has 0 aromatic rings. The highest BCUT2D eigenvalue weighted by atomic mass is 16.5. The topological polar surface area (TPSA) is 39.2 Å². The SMILES string of the molecule is CCOC(=O)c1c2cccccc-2nc1-c1cc2cccccc-2c1. The summed E-state index contributed by atoms with van der Waals surface area (Å²) in [6.45, 7) is 2.15. The number of aromatic nitrogens is 1. The number of carbonyl (C=O) groups excluding carboxylic acids is 1. The Labute approximate surface area is 146 Å². The first-order chi connectivity index (χ1) is 12.3. The van der Waals surface area contributed by atoms with E-state index < -0.39 is 0 Å². The maximum atomic E-state index is 12.6. The van der Waals surface area contributed by atoms with Gasteiger partial charge < -0.3 is 4.74 Å². The van der Waals surface area contributed by atoms with E-state index in [0.717, 1.165) is 27.9 Å². The molecule has 4 aliphatic rings. The maximum absolute atomic E-state index is 12.6. The van der Waals surface area contributed by atoms with Crippen LogP contribution < -0.4 is 0 Å². The van der Waals surface area contributed by atoms with Crippen molar-refractivity contribution in [2.75, 3.05) is 6.61 Å². The molecule has 3 aliphatic carbocycles. The summed E-state index contributed by atoms with van der Waals surface area (Å²) >= 11 is 0. The van der Waals surface area contributed by atoms with Crippen LogP contribution in [0.15, 0.2) is 72.8 Å². The van der Waals surface area contributed by atoms with Gasteiger partial charge in [0.05, 0.1) is 23.6 Å². The summed E-state index contributed by atoms with van der Waals surface area (Å²) in [5.41, 5.74) is 5.99. The smallest absolute Gasteiger partial charge is 0.341 e. The Morgan fingerprint density at radius 3 is 2.20 bits per heavy atom. The normalized spacial score (nSPS) is 10.9. The summed E-state index contributed by atoms with van der Waals surface area (Å²) in [6, 6.07) is 23.9. The van der Waals surface area contributed by atoms with Crippen molar-refractivity contribution >= 4 is 5.97 Å². The molecule has 122 valence electrons. The van der Waals surface area contributed by atoms with Gasteiger partial charge in [-0.3, -0.25) is 0 Å². The van der Waals surface area contributed by atoms with Crippen molar-refractivity contribution in [1.82, 2.24) is 4.98 Å². The Kier molecular flexibility index (Phi) is 3.90. The van der Waals surface area contributed by atoms with Gasteiger partial charge >= 0.3 is 5.97 Å². The molecule has 0 saturated carbocycles. The molecule has 0 spiro atoms. The van der Waals surface area contributed by atoms with Gasteiger partial charge in [-0.1, -0.05) is 54.6 Å². The van der Waals surface area contributed by atoms with Crippen LogP contribution in [0.1, 0.15) is 17.3 Å². The van der Waals surface area contributed by atoms with Crippen LogP contribution in [0, 0.1) is 0 Å². The molecule has 0 N–H and O–H groups in total. The first kappa shape index (κ1) is 15.3. The molecule has 1 heterocycles. The second-order valence-corrected chi connectivity index (χ2v) is 5.83. The lowest BCUT2D eigenvalue weighted by atomic mass is 10.1. The van der Waals surface area contributed by atoms with Crippen LogP contribution in [-0.2, 0) is 4.74 Å². The third-order valence-electron chi connectivity index (χ3n) is 4.24. The standard InChI is InChI=1S/C22H17NO2/c1-2-25-22(24)20-18-11-7-4-8-12-19(18)23-21(20)17-13-15-9-5-3-6-10-16(15)14-17/h3-14H,2H2,1H3. The first-order valence-electron chi connectivity index (χ1n) is 8.33. The fraction of sp³-hybridized carbons (Fsp3) is 0.0909. The summed E-state index contributed by atoms with van der Waals surface area (Å²) in [5, 5.41) is 0. The van der Waals surface area contributed by atoms with Crippen molar-refractivity contribution < 1.29 is 9.53 Å². The summed E-state index contributed by atoms with van der Waals surface area (Å²) < 4.78 is 5.30. The molecule has 0 aromatic heterocycles. The first-order valence-corrected chi connectivity index (χ1v) is 8.33. The zero-order valence-electron chi connectivity index (χ0n) is 13.9. The quantitative estimate of drug-likeness (QED) is 0.489. The molecule has 0 bridgehead atoms. The zero-order chi connectivity index (χ0) is 17.2. The van der Waals surface area contributed by atoms with E-state index in [0.29, 0.717) is 17.9 Å². The second-order valence-electron chi connectivity index (χ2n) is 5.83. The minimum Gasteiger partial charge on any atom is -0.462 e. The Morgan fingerprint density at radius 1 is 0.880 bits per heavy atom. The number of hydrogen-bond acceptors (Lipinski definition) is 3. The van der Waals surface area contributed by atoms with Crippen LogP contribution in [0.25, 0.3) is 33.6 Å². The third-order valence-corrected chi connectivity index (χ3v) is 4.24. The van der Waals surface area contributed by atoms with Crippen molar-refractivity contribution in [3.05, 3.63) is 78.4 Å². The molecule has 0 amide bonds. The molecule has 1 aliphatic heterocycles. The predicted octanol–water partition coefficient (Wildman–Crippen LogP) is 5.13. The fourth-order valence-electron chi connectivity index (χ4n) is 3.12. The van der Waals surface area contributed by atoms with Crippen LogP contribution in [0.3, 0.4) is 0 Å². The number of hydrogen-bond donors (Lipinski definition) is 0. The van der Waals surface area contributed by atoms with Gasteiger partial charge in [0.15, 0.2) is 0 Å². The molecule has 0 atom stereocenters. The average Bonchev–Trinajstić information content (AvgIpc) is 2.99. The van der Waals surface area contributed by atoms with Crippen molar-refractivity contribution in [2.45, 2.75) is 6.92 Å². The molecule has 0 saturated heterocycles. The van der Waals surface area contributed by atoms with Crippen LogP contribution in [0.5, 0.6) is 0 Å². The number of ether oxygens (including phenoxy) is 1. The van der Waals surface area contributed by atoms with Gasteiger partial charge in [-0.25, -0.2) is 9.78 Å². The number of rotatable bonds is 3. The highest BCUT2D eigenvalue weighted by molar-refractivity contribution is 6.05. The van der Waals surface area contributed by atoms with Gasteiger partial charge in [0.2, 0.25) is 0 Å². The highest BCUT2D eigenvalue weighted by Gasteiger charge is 2.25. The average molecular weight is 327 g/mol. The van der Waals surface area contributed by atoms with Crippen LogP contribution in [0.4, 0.5) is 0 Å². The van der Waals surface area contributed by atoms with E-state index >= 15 is 0 Å². The van der Waals surface area contributed by atoms with Crippen molar-refractivity contribution in [1.29, 1.82) is 0 Å². The Balaban J connectivity index is 1.97. The molecular weight excluding hydrogens is 310 g/mol. The van der Waals surface area contributed by atoms with Crippen molar-refractivity contribution in [2.24, 2.45) is 0 Å². The van der Waals surface area contributed by atoms with E-state index in [-0.39, 0.29) is 5.97 Å². The van der Waals surface area contributed by atoms with E-state index in [2.05, 4.69) is 24.3 Å². The highest BCUT2D eigenvalue weighted by Crippen LogP contribution is 2.38. The number of carbonyl (C=O) groups is 1. The molecule has 0 fully saturated rings. The zero-order valence-corrected chi connectivity index (χ0v) is 13.9. The number of esters is 1. The van der Waals surface area contributed by atoms with E-state index in [1.54, 1.807) is 0 Å². The Hall–Kier alpha value is -3.20. The van der Waals surface area contributed by atoms with Crippen molar-refractivity contribution in [3.63, 3.8) is 0 Å². The van der Waals surface area contributed by atoms with Gasteiger partial charge in [-0.2, -0.15) is 0 Å². The van der Waals surface area contributed by atoms with E-state index in [1.807, 2.05) is 55.5 Å². The molecule has 0 aromatic carbocycles. The van der Waals surface area contributed by atoms with Gasteiger partial charge in [-0.05, 0) is 36.2 Å². The second kappa shape index (κ2) is 6.36. The van der Waals surface area contributed by atoms with Crippen LogP contribution >= 0.6 is 0 Å². The number of nitrogens with zero attached hydrogens (tertiary/aromatic N) is 1. The lowest BCUT2D eigenvalue weighted by molar-refractivity contribution is 0.0528. The molecule has 0 unspecified atom stereocenters. The lowest BCUT2D eigenvalue weighted by Gasteiger charge is -2.03. The maximum Gasteiger partial charge on any atom is 0.341 e. The summed E-state index contributed by atoms with van der Waals surface area (Å²) in [5.74, 6) is -0.331. The molecule has 3 heteroatoms. The van der Waals surface area contributed by atoms with Crippen LogP contribution in [0.2, 0.25) is 0 Å². The lowest BCUT2D eigenvalue weighted by Crippen LogP contribution is -2.05. The number of fused-ring (bicyclic) bond motifs is 2. The molecular formula is C22H17NO2. The van der Waals surface area contributed by atoms with E-state index in [9.17, 15) is 4.79 Å². The Bertz CT molecular complexity index is 962. The van der Waals surface area contributed by atoms with Crippen molar-refractivity contribution in [3.8, 4) is 33.6 Å². The van der Waals surface area contributed by atoms with E-state index in [1.165, 1.54) is 0 Å². The van der Waals surface area contributed by atoms with Gasteiger partial charge in [0.25, 0.3) is 0 Å². The predicted molar refractivity (Wildman–Crippen MR) is 98.9 cm³/mol. The van der Waals surface area contributed by atoms with Gasteiger partial charge in [0, 0.05) is 11.1 Å². The fourth-order valence-corrected chi connectivity index (χ4v) is 3.12. The summed E-state index contributed by atoms with van der Waals surface area (Å²) in [6.07, 6.45) is 0. The molecule has 3 nitrogen and oxygen atoms in total. The summed E-state index contributed by atoms with van der Waals surface area (Å²) in [7, 11) is 0. The minimum atomic E-state index is -0.331. The largest absolute Gasteiger partial charge is 0.462 e. The summed E-state index contributed by atoms with van der Waals surface area (Å²) in [4.78, 5) is 17.4. The molecule has 4 rings (SSSR count). The van der Waals surface area contributed by atoms with Gasteiger partial charge in [-0.15, -0.1) is 0 Å². The van der Waals surface area contributed by atoms with Crippen LogP contribution in [-0.4, -0.2) is 17.6 Å². The monoisotopic (exact) mass is 327 g/mol. The minimum absolute atomic E-state index is 0.331. The van der Waals surface area contributed by atoms with Gasteiger partial charge in [0.1, 0.15) is 0 Å². The molecule has 0 radical (unpaired) electrons. The Morgan fingerprint density at radius 2 is 1.52 bits per heavy atom. The third kappa shape index (κ3) is 2.74.